The Labute approximate surface area is 189 Å². The smallest absolute Gasteiger partial charge is 0.271 e. The number of β-lactam (4-membered cyclic amide) rings is 1. The van der Waals surface area contributed by atoms with Crippen LogP contribution < -0.4 is 14.4 Å². The molecule has 0 unspecified atom stereocenters. The molecule has 154 valence electrons. The maximum atomic E-state index is 13.1. The van der Waals surface area contributed by atoms with Crippen molar-refractivity contribution in [1.29, 1.82) is 0 Å². The Balaban J connectivity index is 1.66. The van der Waals surface area contributed by atoms with E-state index in [9.17, 15) is 4.79 Å². The molecule has 0 aliphatic carbocycles. The third-order valence-electron chi connectivity index (χ3n) is 4.83. The van der Waals surface area contributed by atoms with Gasteiger partial charge in [-0.1, -0.05) is 46.9 Å². The van der Waals surface area contributed by atoms with E-state index in [2.05, 4.69) is 0 Å². The summed E-state index contributed by atoms with van der Waals surface area (Å²) in [6.07, 6.45) is -0.726. The Hall–Kier alpha value is -2.40. The van der Waals surface area contributed by atoms with Gasteiger partial charge >= 0.3 is 0 Å². The standard InChI is InChI=1S/C23H18Cl3NO3/c1-2-29-18-10-8-17(9-11-18)27-21(14-3-5-15(24)6-4-14)22(23(27)28)30-20-12-7-16(25)13-19(20)26/h3-13,21-22H,2H2,1H3/t21-,22+/m1/s1. The summed E-state index contributed by atoms with van der Waals surface area (Å²) >= 11 is 18.3. The molecule has 0 spiro atoms. The summed E-state index contributed by atoms with van der Waals surface area (Å²) in [5.41, 5.74) is 1.66. The van der Waals surface area contributed by atoms with E-state index in [1.54, 1.807) is 35.2 Å². The molecule has 1 aliphatic rings. The number of benzene rings is 3. The van der Waals surface area contributed by atoms with Crippen molar-refractivity contribution >= 4 is 46.4 Å². The van der Waals surface area contributed by atoms with Gasteiger partial charge in [-0.2, -0.15) is 0 Å². The minimum Gasteiger partial charge on any atom is -0.494 e. The first kappa shape index (κ1) is 20.9. The van der Waals surface area contributed by atoms with E-state index in [0.717, 1.165) is 17.0 Å². The number of carbonyl (C=O) groups is 1. The van der Waals surface area contributed by atoms with Crippen LogP contribution in [0.2, 0.25) is 15.1 Å². The Morgan fingerprint density at radius 2 is 1.57 bits per heavy atom. The SMILES string of the molecule is CCOc1ccc(N2C(=O)[C@@H](Oc3ccc(Cl)cc3Cl)[C@H]2c2ccc(Cl)cc2)cc1. The fraction of sp³-hybridized carbons (Fsp3) is 0.174. The Morgan fingerprint density at radius 1 is 0.900 bits per heavy atom. The third-order valence-corrected chi connectivity index (χ3v) is 5.61. The van der Waals surface area contributed by atoms with E-state index < -0.39 is 6.10 Å². The summed E-state index contributed by atoms with van der Waals surface area (Å²) < 4.78 is 11.5. The lowest BCUT2D eigenvalue weighted by Crippen LogP contribution is -2.61. The number of hydrogen-bond donors (Lipinski definition) is 0. The second kappa shape index (κ2) is 8.76. The zero-order valence-electron chi connectivity index (χ0n) is 16.0. The van der Waals surface area contributed by atoms with Gasteiger partial charge in [0.25, 0.3) is 5.91 Å². The van der Waals surface area contributed by atoms with Gasteiger partial charge in [0, 0.05) is 15.7 Å². The van der Waals surface area contributed by atoms with Crippen molar-refractivity contribution in [3.05, 3.63) is 87.4 Å². The van der Waals surface area contributed by atoms with Gasteiger partial charge in [-0.15, -0.1) is 0 Å². The minimum absolute atomic E-state index is 0.162. The maximum Gasteiger partial charge on any atom is 0.271 e. The van der Waals surface area contributed by atoms with Crippen molar-refractivity contribution < 1.29 is 14.3 Å². The molecule has 4 rings (SSSR count). The lowest BCUT2D eigenvalue weighted by Gasteiger charge is -2.46. The zero-order valence-corrected chi connectivity index (χ0v) is 18.3. The van der Waals surface area contributed by atoms with Crippen molar-refractivity contribution in [2.24, 2.45) is 0 Å². The van der Waals surface area contributed by atoms with Gasteiger partial charge in [-0.3, -0.25) is 9.69 Å². The van der Waals surface area contributed by atoms with Crippen LogP contribution in [0.5, 0.6) is 11.5 Å². The van der Waals surface area contributed by atoms with Crippen molar-refractivity contribution in [3.8, 4) is 11.5 Å². The zero-order chi connectivity index (χ0) is 21.3. The van der Waals surface area contributed by atoms with Crippen LogP contribution in [-0.4, -0.2) is 18.6 Å². The van der Waals surface area contributed by atoms with Crippen molar-refractivity contribution in [1.82, 2.24) is 0 Å². The summed E-state index contributed by atoms with van der Waals surface area (Å²) in [5, 5.41) is 1.47. The number of carbonyl (C=O) groups excluding carboxylic acids is 1. The summed E-state index contributed by atoms with van der Waals surface area (Å²) in [4.78, 5) is 14.8. The third kappa shape index (κ3) is 4.08. The molecule has 3 aromatic carbocycles. The second-order valence-electron chi connectivity index (χ2n) is 6.74. The summed E-state index contributed by atoms with van der Waals surface area (Å²) in [5.74, 6) is 0.993. The predicted octanol–water partition coefficient (Wildman–Crippen LogP) is 6.58. The molecule has 1 amide bonds. The highest BCUT2D eigenvalue weighted by molar-refractivity contribution is 6.35. The van der Waals surface area contributed by atoms with E-state index >= 15 is 0 Å². The molecule has 1 heterocycles. The quantitative estimate of drug-likeness (QED) is 0.388. The number of halogens is 3. The predicted molar refractivity (Wildman–Crippen MR) is 120 cm³/mol. The van der Waals surface area contributed by atoms with Crippen LogP contribution in [0.25, 0.3) is 0 Å². The minimum atomic E-state index is -0.726. The highest BCUT2D eigenvalue weighted by Crippen LogP contribution is 2.43. The van der Waals surface area contributed by atoms with Crippen LogP contribution in [0.4, 0.5) is 5.69 Å². The first-order valence-corrected chi connectivity index (χ1v) is 10.5. The van der Waals surface area contributed by atoms with Crippen LogP contribution in [0.3, 0.4) is 0 Å². The first-order chi connectivity index (χ1) is 14.5. The molecule has 0 radical (unpaired) electrons. The van der Waals surface area contributed by atoms with E-state index in [0.29, 0.717) is 27.4 Å². The van der Waals surface area contributed by atoms with E-state index in [1.807, 2.05) is 43.3 Å². The van der Waals surface area contributed by atoms with Crippen LogP contribution in [0, 0.1) is 0 Å². The van der Waals surface area contributed by atoms with Crippen LogP contribution in [-0.2, 0) is 4.79 Å². The molecule has 2 atom stereocenters. The van der Waals surface area contributed by atoms with Gasteiger partial charge in [-0.05, 0) is 67.1 Å². The molecule has 1 fully saturated rings. The summed E-state index contributed by atoms with van der Waals surface area (Å²) in [6.45, 7) is 2.50. The lowest BCUT2D eigenvalue weighted by atomic mass is 9.89. The van der Waals surface area contributed by atoms with Gasteiger partial charge in [0.15, 0.2) is 0 Å². The van der Waals surface area contributed by atoms with E-state index in [1.165, 1.54) is 0 Å². The fourth-order valence-corrected chi connectivity index (χ4v) is 4.01. The number of rotatable bonds is 6. The van der Waals surface area contributed by atoms with Crippen molar-refractivity contribution in [2.75, 3.05) is 11.5 Å². The van der Waals surface area contributed by atoms with Crippen LogP contribution in [0.1, 0.15) is 18.5 Å². The highest BCUT2D eigenvalue weighted by atomic mass is 35.5. The van der Waals surface area contributed by atoms with Crippen molar-refractivity contribution in [3.63, 3.8) is 0 Å². The van der Waals surface area contributed by atoms with Gasteiger partial charge in [0.2, 0.25) is 6.10 Å². The monoisotopic (exact) mass is 461 g/mol. The molecule has 3 aromatic rings. The molecule has 0 bridgehead atoms. The fourth-order valence-electron chi connectivity index (χ4n) is 3.43. The maximum absolute atomic E-state index is 13.1. The van der Waals surface area contributed by atoms with Crippen LogP contribution in [0.15, 0.2) is 66.7 Å². The molecular weight excluding hydrogens is 445 g/mol. The van der Waals surface area contributed by atoms with E-state index in [4.69, 9.17) is 44.3 Å². The molecule has 4 nitrogen and oxygen atoms in total. The van der Waals surface area contributed by atoms with Crippen molar-refractivity contribution in [2.45, 2.75) is 19.1 Å². The Kier molecular flexibility index (Phi) is 6.09. The molecule has 7 heteroatoms. The largest absolute Gasteiger partial charge is 0.494 e. The molecular formula is C23H18Cl3NO3. The average molecular weight is 463 g/mol. The van der Waals surface area contributed by atoms with Gasteiger partial charge < -0.3 is 9.47 Å². The summed E-state index contributed by atoms with van der Waals surface area (Å²) in [6, 6.07) is 19.4. The number of anilines is 1. The average Bonchev–Trinajstić information content (AvgIpc) is 2.73. The van der Waals surface area contributed by atoms with Gasteiger partial charge in [-0.25, -0.2) is 0 Å². The first-order valence-electron chi connectivity index (χ1n) is 9.41. The number of ether oxygens (including phenoxy) is 2. The highest BCUT2D eigenvalue weighted by Gasteiger charge is 2.51. The van der Waals surface area contributed by atoms with Gasteiger partial charge in [0.1, 0.15) is 17.5 Å². The molecule has 0 N–H and O–H groups in total. The number of amides is 1. The topological polar surface area (TPSA) is 38.8 Å². The molecule has 1 saturated heterocycles. The second-order valence-corrected chi connectivity index (χ2v) is 8.02. The lowest BCUT2D eigenvalue weighted by molar-refractivity contribution is -0.135. The Bertz CT molecular complexity index is 1050. The molecule has 1 aliphatic heterocycles. The van der Waals surface area contributed by atoms with E-state index in [-0.39, 0.29) is 11.9 Å². The number of hydrogen-bond acceptors (Lipinski definition) is 3. The Morgan fingerprint density at radius 3 is 2.20 bits per heavy atom. The molecule has 0 saturated carbocycles. The molecule has 0 aromatic heterocycles. The van der Waals surface area contributed by atoms with Crippen LogP contribution >= 0.6 is 34.8 Å². The number of nitrogens with zero attached hydrogens (tertiary/aromatic N) is 1. The van der Waals surface area contributed by atoms with Gasteiger partial charge in [0.05, 0.1) is 11.6 Å². The summed E-state index contributed by atoms with van der Waals surface area (Å²) in [7, 11) is 0. The molecule has 30 heavy (non-hydrogen) atoms. The normalized spacial score (nSPS) is 18.1.